The number of hydrogen-bond acceptors (Lipinski definition) is 6. The maximum absolute atomic E-state index is 9.22. The second kappa shape index (κ2) is 37.3. The van der Waals surface area contributed by atoms with Crippen LogP contribution in [0.5, 0.6) is 0 Å². The molecule has 0 saturated heterocycles. The molecule has 0 saturated carbocycles. The van der Waals surface area contributed by atoms with Crippen molar-refractivity contribution in [3.05, 3.63) is 24.3 Å². The van der Waals surface area contributed by atoms with Crippen molar-refractivity contribution in [2.45, 2.75) is 200 Å². The summed E-state index contributed by atoms with van der Waals surface area (Å²) in [6.07, 6.45) is 49.6. The Kier molecular flexibility index (Phi) is 36.5. The first-order valence-corrected chi connectivity index (χ1v) is 23.0. The van der Waals surface area contributed by atoms with Gasteiger partial charge in [-0.15, -0.1) is 0 Å². The van der Waals surface area contributed by atoms with E-state index < -0.39 is 10.4 Å². The van der Waals surface area contributed by atoms with Crippen LogP contribution in [0.15, 0.2) is 29.3 Å². The van der Waals surface area contributed by atoms with E-state index in [9.17, 15) is 13.0 Å². The van der Waals surface area contributed by atoms with E-state index >= 15 is 0 Å². The van der Waals surface area contributed by atoms with Crippen LogP contribution in [0, 0.1) is 0 Å². The molecular weight excluding hydrogens is 655 g/mol. The first-order valence-electron chi connectivity index (χ1n) is 21.7. The zero-order chi connectivity index (χ0) is 37.6. The van der Waals surface area contributed by atoms with Gasteiger partial charge in [0.1, 0.15) is 6.54 Å². The van der Waals surface area contributed by atoms with Crippen LogP contribution in [0.4, 0.5) is 0 Å². The van der Waals surface area contributed by atoms with Crippen molar-refractivity contribution < 1.29 is 21.6 Å². The highest BCUT2D eigenvalue weighted by Crippen LogP contribution is 2.18. The van der Waals surface area contributed by atoms with Gasteiger partial charge in [0.25, 0.3) is 0 Å². The SMILES string of the molecule is CCCCCCCC/C=C\CCCCCCCCNCC[N+]1(C)CCN=C1CCCCCCCC/C=C\CCCCCCCC.COS(=O)(=O)[O-]. The molecule has 1 aliphatic rings. The van der Waals surface area contributed by atoms with Crippen molar-refractivity contribution in [3.63, 3.8) is 0 Å². The third-order valence-electron chi connectivity index (χ3n) is 10.3. The number of nitrogens with zero attached hydrogens (tertiary/aromatic N) is 2. The third-order valence-corrected chi connectivity index (χ3v) is 10.7. The molecule has 8 heteroatoms. The van der Waals surface area contributed by atoms with Crippen LogP contribution in [0.3, 0.4) is 0 Å². The minimum atomic E-state index is -4.41. The normalized spacial score (nSPS) is 16.3. The van der Waals surface area contributed by atoms with Gasteiger partial charge in [0.15, 0.2) is 5.84 Å². The van der Waals surface area contributed by atoms with Crippen molar-refractivity contribution in [3.8, 4) is 0 Å². The van der Waals surface area contributed by atoms with Gasteiger partial charge in [-0.3, -0.25) is 8.67 Å². The lowest BCUT2D eigenvalue weighted by Gasteiger charge is -2.30. The highest BCUT2D eigenvalue weighted by atomic mass is 32.3. The predicted molar refractivity (Wildman–Crippen MR) is 221 cm³/mol. The summed E-state index contributed by atoms with van der Waals surface area (Å²) in [7, 11) is -1.18. The standard InChI is InChI=1S/C42H82N3.CH4O4S/c1-4-6-8-10-12-14-16-18-20-22-24-26-28-30-32-34-36-42-44-39-41-45(42,3)40-38-43-37-35-33-31-29-27-25-23-21-19-17-15-13-11-9-7-5-2;1-5-6(2,3)4/h18-21,43H,4-17,22-41H2,1-3H3;1H3,(H,2,3,4)/q+1;/p-1/b20-18-,21-19-;. The fourth-order valence-electron chi connectivity index (χ4n) is 6.77. The van der Waals surface area contributed by atoms with Crippen LogP contribution in [0.2, 0.25) is 0 Å². The zero-order valence-corrected chi connectivity index (χ0v) is 35.1. The molecule has 0 aliphatic carbocycles. The zero-order valence-electron chi connectivity index (χ0n) is 34.3. The van der Waals surface area contributed by atoms with Gasteiger partial charge in [0.2, 0.25) is 10.4 Å². The number of quaternary nitrogens is 1. The summed E-state index contributed by atoms with van der Waals surface area (Å²) in [6.45, 7) is 10.4. The van der Waals surface area contributed by atoms with E-state index in [0.717, 1.165) is 24.7 Å². The number of allylic oxidation sites excluding steroid dienone is 4. The highest BCUT2D eigenvalue weighted by molar-refractivity contribution is 7.80. The number of aliphatic imine (C=N–C) groups is 1. The number of hydrogen-bond donors (Lipinski definition) is 1. The molecule has 0 bridgehead atoms. The first kappa shape index (κ1) is 49.9. The molecule has 51 heavy (non-hydrogen) atoms. The van der Waals surface area contributed by atoms with E-state index in [2.05, 4.69) is 54.7 Å². The van der Waals surface area contributed by atoms with Gasteiger partial charge >= 0.3 is 0 Å². The predicted octanol–water partition coefficient (Wildman–Crippen LogP) is 12.0. The fraction of sp³-hybridized carbons (Fsp3) is 0.884. The monoisotopic (exact) mass is 740 g/mol. The van der Waals surface area contributed by atoms with Crippen LogP contribution in [0.25, 0.3) is 0 Å². The molecule has 1 heterocycles. The Hall–Kier alpha value is -1.06. The maximum Gasteiger partial charge on any atom is 0.217 e. The molecule has 1 unspecified atom stereocenters. The maximum atomic E-state index is 9.22. The summed E-state index contributed by atoms with van der Waals surface area (Å²) >= 11 is 0. The summed E-state index contributed by atoms with van der Waals surface area (Å²) < 4.78 is 32.1. The summed E-state index contributed by atoms with van der Waals surface area (Å²) in [5.74, 6) is 1.48. The minimum absolute atomic E-state index is 0.808. The lowest BCUT2D eigenvalue weighted by Crippen LogP contribution is -2.50. The molecule has 1 atom stereocenters. The topological polar surface area (TPSA) is 90.8 Å². The van der Waals surface area contributed by atoms with Crippen molar-refractivity contribution in [1.29, 1.82) is 0 Å². The molecule has 0 fully saturated rings. The number of nitrogens with one attached hydrogen (secondary N) is 1. The van der Waals surface area contributed by atoms with Gasteiger partial charge in [0, 0.05) is 13.0 Å². The van der Waals surface area contributed by atoms with Gasteiger partial charge in [0.05, 0.1) is 27.2 Å². The first-order chi connectivity index (χ1) is 24.8. The molecule has 0 spiro atoms. The Morgan fingerprint density at radius 1 is 0.627 bits per heavy atom. The highest BCUT2D eigenvalue weighted by Gasteiger charge is 2.32. The second-order valence-corrected chi connectivity index (χ2v) is 16.2. The summed E-state index contributed by atoms with van der Waals surface area (Å²) in [6, 6.07) is 0. The molecule has 1 aliphatic heterocycles. The Bertz CT molecular complexity index is 938. The number of rotatable bonds is 36. The minimum Gasteiger partial charge on any atom is -0.726 e. The molecular formula is C43H85N3O4S. The van der Waals surface area contributed by atoms with Crippen LogP contribution in [-0.4, -0.2) is 70.2 Å². The van der Waals surface area contributed by atoms with Gasteiger partial charge in [-0.05, 0) is 70.8 Å². The van der Waals surface area contributed by atoms with E-state index in [1.165, 1.54) is 212 Å². The average molecular weight is 740 g/mol. The van der Waals surface area contributed by atoms with Crippen LogP contribution in [0.1, 0.15) is 200 Å². The Morgan fingerprint density at radius 3 is 1.41 bits per heavy atom. The molecule has 7 nitrogen and oxygen atoms in total. The molecule has 1 rings (SSSR count). The van der Waals surface area contributed by atoms with Crippen LogP contribution < -0.4 is 5.32 Å². The third kappa shape index (κ3) is 35.7. The molecule has 302 valence electrons. The summed E-state index contributed by atoms with van der Waals surface area (Å²) in [5.41, 5.74) is 0. The van der Waals surface area contributed by atoms with Crippen molar-refractivity contribution in [1.82, 2.24) is 5.32 Å². The largest absolute Gasteiger partial charge is 0.726 e. The average Bonchev–Trinajstić information content (AvgIpc) is 3.48. The summed E-state index contributed by atoms with van der Waals surface area (Å²) in [5, 5.41) is 3.75. The van der Waals surface area contributed by atoms with Gasteiger partial charge in [-0.25, -0.2) is 13.4 Å². The van der Waals surface area contributed by atoms with Crippen molar-refractivity contribution in [2.75, 3.05) is 46.9 Å². The molecule has 0 aromatic rings. The van der Waals surface area contributed by atoms with E-state index in [0.29, 0.717) is 0 Å². The lowest BCUT2D eigenvalue weighted by molar-refractivity contribution is -0.814. The fourth-order valence-corrected chi connectivity index (χ4v) is 6.77. The van der Waals surface area contributed by atoms with Gasteiger partial charge in [-0.1, -0.05) is 154 Å². The number of likely N-dealkylation sites (N-methyl/N-ethyl adjacent to an activating group) is 1. The quantitative estimate of drug-likeness (QED) is 0.0227. The second-order valence-electron chi connectivity index (χ2n) is 15.1. The van der Waals surface area contributed by atoms with Crippen LogP contribution >= 0.6 is 0 Å². The molecule has 0 aromatic carbocycles. The Labute approximate surface area is 318 Å². The van der Waals surface area contributed by atoms with Gasteiger partial charge < -0.3 is 9.87 Å². The molecule has 0 radical (unpaired) electrons. The molecule has 1 N–H and O–H groups in total. The number of unbranched alkanes of at least 4 members (excludes halogenated alkanes) is 24. The van der Waals surface area contributed by atoms with E-state index in [4.69, 9.17) is 4.99 Å². The Balaban J connectivity index is 0.00000381. The van der Waals surface area contributed by atoms with E-state index in [1.807, 2.05) is 0 Å². The van der Waals surface area contributed by atoms with Gasteiger partial charge in [-0.2, -0.15) is 0 Å². The van der Waals surface area contributed by atoms with Crippen molar-refractivity contribution in [2.24, 2.45) is 4.99 Å². The summed E-state index contributed by atoms with van der Waals surface area (Å²) in [4.78, 5) is 4.95. The van der Waals surface area contributed by atoms with E-state index in [1.54, 1.807) is 0 Å². The van der Waals surface area contributed by atoms with Crippen molar-refractivity contribution >= 4 is 16.2 Å². The molecule has 0 amide bonds. The lowest BCUT2D eigenvalue weighted by atomic mass is 10.1. The van der Waals surface area contributed by atoms with E-state index in [-0.39, 0.29) is 0 Å². The smallest absolute Gasteiger partial charge is 0.217 e. The number of amidine groups is 1. The Morgan fingerprint density at radius 2 is 1.00 bits per heavy atom. The van der Waals surface area contributed by atoms with Crippen LogP contribution in [-0.2, 0) is 14.6 Å². The molecule has 0 aromatic heterocycles.